The van der Waals surface area contributed by atoms with Gasteiger partial charge >= 0.3 is 0 Å². The van der Waals surface area contributed by atoms with Crippen molar-refractivity contribution in [1.29, 1.82) is 0 Å². The van der Waals surface area contributed by atoms with E-state index in [2.05, 4.69) is 20.3 Å². The number of nitrogens with one attached hydrogen (secondary N) is 1. The number of hydrogen-bond acceptors (Lipinski definition) is 8. The van der Waals surface area contributed by atoms with Crippen molar-refractivity contribution in [3.8, 4) is 0 Å². The van der Waals surface area contributed by atoms with E-state index in [0.717, 1.165) is 60.1 Å². The maximum Gasteiger partial charge on any atom is 0.283 e. The number of nitro groups is 1. The Morgan fingerprint density at radius 3 is 2.55 bits per heavy atom. The molecule has 38 heavy (non-hydrogen) atoms. The third-order valence-electron chi connectivity index (χ3n) is 6.09. The number of nitro benzene ring substituents is 1. The summed E-state index contributed by atoms with van der Waals surface area (Å²) in [6, 6.07) is 16.2. The zero-order valence-electron chi connectivity index (χ0n) is 20.9. The van der Waals surface area contributed by atoms with Crippen LogP contribution in [-0.2, 0) is 12.8 Å². The minimum atomic E-state index is -0.412. The molecule has 0 radical (unpaired) electrons. The number of para-hydroxylation sites is 1. The average Bonchev–Trinajstić information content (AvgIpc) is 3.26. The van der Waals surface area contributed by atoms with E-state index in [9.17, 15) is 14.9 Å². The Labute approximate surface area is 228 Å². The number of benzene rings is 2. The number of fused-ring (bicyclic) bond motifs is 1. The van der Waals surface area contributed by atoms with Crippen LogP contribution in [-0.4, -0.2) is 27.0 Å². The summed E-state index contributed by atoms with van der Waals surface area (Å²) in [6.45, 7) is 3.73. The van der Waals surface area contributed by atoms with E-state index < -0.39 is 4.92 Å². The molecule has 1 aliphatic rings. The van der Waals surface area contributed by atoms with Crippen LogP contribution >= 0.6 is 23.1 Å². The van der Waals surface area contributed by atoms with Crippen LogP contribution in [0.5, 0.6) is 0 Å². The van der Waals surface area contributed by atoms with Gasteiger partial charge in [0.05, 0.1) is 15.4 Å². The lowest BCUT2D eigenvalue weighted by Crippen LogP contribution is -2.14. The molecule has 0 spiro atoms. The molecule has 1 N–H and O–H groups in total. The van der Waals surface area contributed by atoms with Gasteiger partial charge in [-0.2, -0.15) is 0 Å². The molecule has 10 heteroatoms. The Bertz CT molecular complexity index is 1530. The molecule has 2 aromatic heterocycles. The molecule has 0 aliphatic heterocycles. The molecule has 2 heterocycles. The number of aliphatic imine (C=N–C) groups is 1. The maximum absolute atomic E-state index is 13.3. The molecule has 0 atom stereocenters. The minimum Gasteiger partial charge on any atom is -0.322 e. The van der Waals surface area contributed by atoms with E-state index >= 15 is 0 Å². The van der Waals surface area contributed by atoms with Gasteiger partial charge in [-0.05, 0) is 86.7 Å². The summed E-state index contributed by atoms with van der Waals surface area (Å²) in [6.07, 6.45) is 5.49. The van der Waals surface area contributed by atoms with E-state index in [0.29, 0.717) is 26.2 Å². The minimum absolute atomic E-state index is 0.0470. The second-order valence-electron chi connectivity index (χ2n) is 8.99. The highest BCUT2D eigenvalue weighted by molar-refractivity contribution is 7.99. The molecule has 0 fully saturated rings. The quantitative estimate of drug-likeness (QED) is 0.115. The van der Waals surface area contributed by atoms with Crippen molar-refractivity contribution < 1.29 is 9.72 Å². The van der Waals surface area contributed by atoms with Gasteiger partial charge in [0, 0.05) is 34.2 Å². The van der Waals surface area contributed by atoms with Crippen molar-refractivity contribution in [1.82, 2.24) is 9.97 Å². The molecule has 1 amide bonds. The van der Waals surface area contributed by atoms with E-state index in [1.54, 1.807) is 18.3 Å². The van der Waals surface area contributed by atoms with Crippen molar-refractivity contribution in [2.45, 2.75) is 49.6 Å². The largest absolute Gasteiger partial charge is 0.322 e. The second kappa shape index (κ2) is 11.2. The highest BCUT2D eigenvalue weighted by Crippen LogP contribution is 2.40. The van der Waals surface area contributed by atoms with Crippen molar-refractivity contribution in [2.75, 3.05) is 5.32 Å². The lowest BCUT2D eigenvalue weighted by Gasteiger charge is -2.12. The van der Waals surface area contributed by atoms with Crippen molar-refractivity contribution >= 4 is 51.6 Å². The molecular weight excluding hydrogens is 518 g/mol. The summed E-state index contributed by atoms with van der Waals surface area (Å²) in [5.41, 5.74) is 4.51. The first-order chi connectivity index (χ1) is 18.4. The SMILES string of the molecule is Cc1cc(C)nc(Sc2ccc(C=Nc3sc4c(c3C(=O)Nc3ccccc3)CCCC4)cc2[N+](=O)[O-])n1. The summed E-state index contributed by atoms with van der Waals surface area (Å²) in [5.74, 6) is -0.186. The van der Waals surface area contributed by atoms with Crippen LogP contribution in [0.1, 0.15) is 50.6 Å². The van der Waals surface area contributed by atoms with Crippen LogP contribution in [0.25, 0.3) is 0 Å². The molecular formula is C28H25N5O3S2. The van der Waals surface area contributed by atoms with E-state index in [1.807, 2.05) is 50.2 Å². The van der Waals surface area contributed by atoms with Gasteiger partial charge in [0.15, 0.2) is 5.16 Å². The fourth-order valence-corrected chi connectivity index (χ4v) is 6.59. The zero-order valence-corrected chi connectivity index (χ0v) is 22.6. The fourth-order valence-electron chi connectivity index (χ4n) is 4.41. The Balaban J connectivity index is 1.45. The van der Waals surface area contributed by atoms with E-state index in [4.69, 9.17) is 0 Å². The molecule has 5 rings (SSSR count). The van der Waals surface area contributed by atoms with Crippen molar-refractivity contribution in [2.24, 2.45) is 4.99 Å². The molecule has 1 aliphatic carbocycles. The standard InChI is InChI=1S/C28H25N5O3S2/c1-17-14-18(2)31-28(30-17)38-24-13-12-19(15-22(24)33(35)36)16-29-27-25(21-10-6-7-11-23(21)37-27)26(34)32-20-8-4-3-5-9-20/h3-5,8-9,12-16H,6-7,10-11H2,1-2H3,(H,32,34). The van der Waals surface area contributed by atoms with Crippen LogP contribution < -0.4 is 5.32 Å². The number of carbonyl (C=O) groups is 1. The number of hydrogen-bond donors (Lipinski definition) is 1. The number of nitrogens with zero attached hydrogens (tertiary/aromatic N) is 4. The topological polar surface area (TPSA) is 110 Å². The molecule has 0 saturated heterocycles. The summed E-state index contributed by atoms with van der Waals surface area (Å²) >= 11 is 2.69. The third-order valence-corrected chi connectivity index (χ3v) is 8.22. The Morgan fingerprint density at radius 1 is 1.08 bits per heavy atom. The Kier molecular flexibility index (Phi) is 7.62. The summed E-state index contributed by atoms with van der Waals surface area (Å²) in [7, 11) is 0. The monoisotopic (exact) mass is 543 g/mol. The van der Waals surface area contributed by atoms with Crippen LogP contribution in [0.15, 0.2) is 69.6 Å². The number of anilines is 1. The van der Waals surface area contributed by atoms with Crippen LogP contribution in [0.3, 0.4) is 0 Å². The number of aromatic nitrogens is 2. The van der Waals surface area contributed by atoms with Gasteiger partial charge < -0.3 is 5.32 Å². The highest BCUT2D eigenvalue weighted by atomic mass is 32.2. The Hall–Kier alpha value is -3.89. The lowest BCUT2D eigenvalue weighted by molar-refractivity contribution is -0.387. The van der Waals surface area contributed by atoms with Crippen LogP contribution in [0.2, 0.25) is 0 Å². The van der Waals surface area contributed by atoms with Gasteiger partial charge in [0.2, 0.25) is 0 Å². The number of amides is 1. The fraction of sp³-hybridized carbons (Fsp3) is 0.214. The van der Waals surface area contributed by atoms with Gasteiger partial charge in [-0.1, -0.05) is 24.3 Å². The number of carbonyl (C=O) groups excluding carboxylic acids is 1. The van der Waals surface area contributed by atoms with Crippen molar-refractivity contribution in [3.63, 3.8) is 0 Å². The summed E-state index contributed by atoms with van der Waals surface area (Å²) < 4.78 is 0. The molecule has 0 bridgehead atoms. The lowest BCUT2D eigenvalue weighted by atomic mass is 9.95. The number of aryl methyl sites for hydroxylation is 3. The molecule has 192 valence electrons. The predicted molar refractivity (Wildman–Crippen MR) is 151 cm³/mol. The molecule has 0 unspecified atom stereocenters. The summed E-state index contributed by atoms with van der Waals surface area (Å²) in [5, 5.41) is 15.9. The van der Waals surface area contributed by atoms with Crippen LogP contribution in [0, 0.1) is 24.0 Å². The van der Waals surface area contributed by atoms with E-state index in [-0.39, 0.29) is 11.6 Å². The normalized spacial score (nSPS) is 12.9. The first-order valence-electron chi connectivity index (χ1n) is 12.2. The summed E-state index contributed by atoms with van der Waals surface area (Å²) in [4.78, 5) is 39.8. The van der Waals surface area contributed by atoms with Gasteiger partial charge in [0.25, 0.3) is 11.6 Å². The van der Waals surface area contributed by atoms with Crippen molar-refractivity contribution in [3.05, 3.63) is 97.7 Å². The third kappa shape index (κ3) is 5.81. The smallest absolute Gasteiger partial charge is 0.283 e. The van der Waals surface area contributed by atoms with Gasteiger partial charge in [-0.3, -0.25) is 14.9 Å². The van der Waals surface area contributed by atoms with Gasteiger partial charge in [-0.25, -0.2) is 15.0 Å². The zero-order chi connectivity index (χ0) is 26.6. The molecule has 4 aromatic rings. The van der Waals surface area contributed by atoms with Gasteiger partial charge in [0.1, 0.15) is 5.00 Å². The highest BCUT2D eigenvalue weighted by Gasteiger charge is 2.25. The first-order valence-corrected chi connectivity index (χ1v) is 13.8. The van der Waals surface area contributed by atoms with E-state index in [1.165, 1.54) is 22.3 Å². The predicted octanol–water partition coefficient (Wildman–Crippen LogP) is 7.10. The van der Waals surface area contributed by atoms with Gasteiger partial charge in [-0.15, -0.1) is 11.3 Å². The average molecular weight is 544 g/mol. The maximum atomic E-state index is 13.3. The molecule has 8 nitrogen and oxygen atoms in total. The molecule has 0 saturated carbocycles. The second-order valence-corrected chi connectivity index (χ2v) is 11.1. The molecule has 2 aromatic carbocycles. The Morgan fingerprint density at radius 2 is 1.82 bits per heavy atom. The van der Waals surface area contributed by atoms with Crippen LogP contribution in [0.4, 0.5) is 16.4 Å². The number of rotatable bonds is 7. The first kappa shape index (κ1) is 25.7. The number of thiophene rings is 1.